The standard InChI is InChI=1S/C21H23N5O/c1-25-10-12-26(13-11-25)17-8-6-16(7-9-17)23-19-14-15-4-2-3-5-18(15)24-20(19)21(22)27/h2-9,14,23H,10-13H2,1H3,(H2,22,27). The van der Waals surface area contributed by atoms with Crippen LogP contribution in [0, 0.1) is 0 Å². The third kappa shape index (κ3) is 3.71. The number of carbonyl (C=O) groups is 1. The number of nitrogens with zero attached hydrogens (tertiary/aromatic N) is 3. The van der Waals surface area contributed by atoms with Gasteiger partial charge in [-0.2, -0.15) is 0 Å². The summed E-state index contributed by atoms with van der Waals surface area (Å²) in [6.45, 7) is 4.21. The quantitative estimate of drug-likeness (QED) is 0.747. The molecule has 0 saturated carbocycles. The molecule has 0 radical (unpaired) electrons. The van der Waals surface area contributed by atoms with E-state index in [0.29, 0.717) is 5.69 Å². The van der Waals surface area contributed by atoms with Gasteiger partial charge in [-0.05, 0) is 43.4 Å². The monoisotopic (exact) mass is 361 g/mol. The van der Waals surface area contributed by atoms with E-state index < -0.39 is 5.91 Å². The summed E-state index contributed by atoms with van der Waals surface area (Å²) in [5.41, 5.74) is 9.26. The average molecular weight is 361 g/mol. The first-order valence-electron chi connectivity index (χ1n) is 9.10. The number of nitrogens with two attached hydrogens (primary N) is 1. The third-order valence-corrected chi connectivity index (χ3v) is 4.97. The van der Waals surface area contributed by atoms with Crippen molar-refractivity contribution in [2.75, 3.05) is 43.4 Å². The lowest BCUT2D eigenvalue weighted by atomic mass is 10.1. The van der Waals surface area contributed by atoms with Gasteiger partial charge in [0.1, 0.15) is 0 Å². The molecule has 4 rings (SSSR count). The predicted octanol–water partition coefficient (Wildman–Crippen LogP) is 2.83. The summed E-state index contributed by atoms with van der Waals surface area (Å²) in [7, 11) is 2.15. The number of hydrogen-bond acceptors (Lipinski definition) is 5. The van der Waals surface area contributed by atoms with Gasteiger partial charge in [-0.15, -0.1) is 0 Å². The second-order valence-electron chi connectivity index (χ2n) is 6.90. The SMILES string of the molecule is CN1CCN(c2ccc(Nc3cc4ccccc4nc3C(N)=O)cc2)CC1. The number of hydrogen-bond donors (Lipinski definition) is 2. The largest absolute Gasteiger partial charge is 0.369 e. The fourth-order valence-corrected chi connectivity index (χ4v) is 3.37. The molecule has 2 heterocycles. The lowest BCUT2D eigenvalue weighted by Gasteiger charge is -2.34. The number of primary amides is 1. The maximum atomic E-state index is 11.9. The smallest absolute Gasteiger partial charge is 0.269 e. The van der Waals surface area contributed by atoms with Crippen molar-refractivity contribution >= 4 is 33.9 Å². The third-order valence-electron chi connectivity index (χ3n) is 4.97. The van der Waals surface area contributed by atoms with Gasteiger partial charge >= 0.3 is 0 Å². The lowest BCUT2D eigenvalue weighted by Crippen LogP contribution is -2.44. The Hall–Kier alpha value is -3.12. The van der Waals surface area contributed by atoms with E-state index in [-0.39, 0.29) is 5.69 Å². The van der Waals surface area contributed by atoms with Crippen molar-refractivity contribution in [2.24, 2.45) is 5.73 Å². The molecule has 1 amide bonds. The minimum Gasteiger partial charge on any atom is -0.369 e. The van der Waals surface area contributed by atoms with Crippen LogP contribution in [0.4, 0.5) is 17.1 Å². The van der Waals surface area contributed by atoms with Crippen molar-refractivity contribution in [2.45, 2.75) is 0 Å². The first-order chi connectivity index (χ1) is 13.1. The zero-order valence-corrected chi connectivity index (χ0v) is 15.4. The molecule has 0 aliphatic carbocycles. The summed E-state index contributed by atoms with van der Waals surface area (Å²) in [5.74, 6) is -0.544. The van der Waals surface area contributed by atoms with Gasteiger partial charge in [0.25, 0.3) is 5.91 Å². The number of aromatic nitrogens is 1. The molecule has 0 bridgehead atoms. The molecule has 138 valence electrons. The number of nitrogens with one attached hydrogen (secondary N) is 1. The molecule has 0 atom stereocenters. The van der Waals surface area contributed by atoms with Crippen molar-refractivity contribution < 1.29 is 4.79 Å². The van der Waals surface area contributed by atoms with Gasteiger partial charge in [0, 0.05) is 42.9 Å². The zero-order chi connectivity index (χ0) is 18.8. The fourth-order valence-electron chi connectivity index (χ4n) is 3.37. The Bertz CT molecular complexity index is 962. The highest BCUT2D eigenvalue weighted by Gasteiger charge is 2.15. The van der Waals surface area contributed by atoms with E-state index in [1.54, 1.807) is 0 Å². The Morgan fingerprint density at radius 1 is 1.04 bits per heavy atom. The van der Waals surface area contributed by atoms with Crippen molar-refractivity contribution in [3.63, 3.8) is 0 Å². The molecule has 0 spiro atoms. The van der Waals surface area contributed by atoms with Crippen LogP contribution in [0.25, 0.3) is 10.9 Å². The van der Waals surface area contributed by atoms with Gasteiger partial charge in [0.05, 0.1) is 11.2 Å². The van der Waals surface area contributed by atoms with Gasteiger partial charge in [0.2, 0.25) is 0 Å². The maximum absolute atomic E-state index is 11.9. The Kier molecular flexibility index (Phi) is 4.64. The van der Waals surface area contributed by atoms with E-state index >= 15 is 0 Å². The van der Waals surface area contributed by atoms with E-state index in [1.807, 2.05) is 42.5 Å². The normalized spacial score (nSPS) is 15.1. The Morgan fingerprint density at radius 3 is 2.44 bits per heavy atom. The van der Waals surface area contributed by atoms with Crippen LogP contribution in [0.3, 0.4) is 0 Å². The van der Waals surface area contributed by atoms with E-state index in [4.69, 9.17) is 5.73 Å². The summed E-state index contributed by atoms with van der Waals surface area (Å²) in [6, 6.07) is 17.8. The van der Waals surface area contributed by atoms with Gasteiger partial charge in [-0.1, -0.05) is 18.2 Å². The summed E-state index contributed by atoms with van der Waals surface area (Å²) in [4.78, 5) is 21.0. The molecule has 3 aromatic rings. The molecule has 1 fully saturated rings. The number of para-hydroxylation sites is 1. The molecular weight excluding hydrogens is 338 g/mol. The molecule has 6 nitrogen and oxygen atoms in total. The number of likely N-dealkylation sites (N-methyl/N-ethyl adjacent to an activating group) is 1. The number of benzene rings is 2. The van der Waals surface area contributed by atoms with Crippen molar-refractivity contribution in [1.82, 2.24) is 9.88 Å². The van der Waals surface area contributed by atoms with Crippen molar-refractivity contribution in [1.29, 1.82) is 0 Å². The number of carbonyl (C=O) groups excluding carboxylic acids is 1. The topological polar surface area (TPSA) is 74.5 Å². The summed E-state index contributed by atoms with van der Waals surface area (Å²) in [6.07, 6.45) is 0. The first-order valence-corrected chi connectivity index (χ1v) is 9.10. The Morgan fingerprint density at radius 2 is 1.74 bits per heavy atom. The maximum Gasteiger partial charge on any atom is 0.269 e. The van der Waals surface area contributed by atoms with Crippen LogP contribution in [0.15, 0.2) is 54.6 Å². The van der Waals surface area contributed by atoms with Crippen molar-refractivity contribution in [3.05, 3.63) is 60.3 Å². The number of piperazine rings is 1. The van der Waals surface area contributed by atoms with Crippen LogP contribution in [-0.2, 0) is 0 Å². The predicted molar refractivity (Wildman–Crippen MR) is 110 cm³/mol. The first kappa shape index (κ1) is 17.3. The molecule has 1 aromatic heterocycles. The summed E-state index contributed by atoms with van der Waals surface area (Å²) >= 11 is 0. The molecule has 1 aliphatic heterocycles. The highest BCUT2D eigenvalue weighted by molar-refractivity contribution is 6.00. The molecule has 0 unspecified atom stereocenters. The second-order valence-corrected chi connectivity index (χ2v) is 6.90. The minimum atomic E-state index is -0.544. The molecule has 27 heavy (non-hydrogen) atoms. The van der Waals surface area contributed by atoms with E-state index in [1.165, 1.54) is 5.69 Å². The number of pyridine rings is 1. The van der Waals surface area contributed by atoms with Crippen LogP contribution in [0.5, 0.6) is 0 Å². The van der Waals surface area contributed by atoms with Gasteiger partial charge < -0.3 is 20.9 Å². The van der Waals surface area contributed by atoms with Crippen LogP contribution in [-0.4, -0.2) is 49.0 Å². The van der Waals surface area contributed by atoms with Crippen molar-refractivity contribution in [3.8, 4) is 0 Å². The minimum absolute atomic E-state index is 0.247. The number of amides is 1. The molecule has 1 aliphatic rings. The Balaban J connectivity index is 1.58. The molecular formula is C21H23N5O. The summed E-state index contributed by atoms with van der Waals surface area (Å²) < 4.78 is 0. The number of anilines is 3. The van der Waals surface area contributed by atoms with Gasteiger partial charge in [-0.25, -0.2) is 4.98 Å². The summed E-state index contributed by atoms with van der Waals surface area (Å²) in [5, 5.41) is 4.25. The molecule has 6 heteroatoms. The number of fused-ring (bicyclic) bond motifs is 1. The highest BCUT2D eigenvalue weighted by atomic mass is 16.1. The van der Waals surface area contributed by atoms with E-state index in [2.05, 4.69) is 39.3 Å². The van der Waals surface area contributed by atoms with E-state index in [0.717, 1.165) is 42.8 Å². The second kappa shape index (κ2) is 7.25. The van der Waals surface area contributed by atoms with E-state index in [9.17, 15) is 4.79 Å². The zero-order valence-electron chi connectivity index (χ0n) is 15.4. The van der Waals surface area contributed by atoms with Crippen LogP contribution < -0.4 is 16.0 Å². The fraction of sp³-hybridized carbons (Fsp3) is 0.238. The average Bonchev–Trinajstić information content (AvgIpc) is 2.68. The van der Waals surface area contributed by atoms with Gasteiger partial charge in [0.15, 0.2) is 5.69 Å². The van der Waals surface area contributed by atoms with Gasteiger partial charge in [-0.3, -0.25) is 4.79 Å². The van der Waals surface area contributed by atoms with Crippen LogP contribution in [0.2, 0.25) is 0 Å². The molecule has 1 saturated heterocycles. The van der Waals surface area contributed by atoms with Crippen LogP contribution >= 0.6 is 0 Å². The number of rotatable bonds is 4. The lowest BCUT2D eigenvalue weighted by molar-refractivity contribution is 0.0997. The molecule has 3 N–H and O–H groups in total. The molecule has 2 aromatic carbocycles. The Labute approximate surface area is 158 Å². The van der Waals surface area contributed by atoms with Crippen LogP contribution in [0.1, 0.15) is 10.5 Å². The highest BCUT2D eigenvalue weighted by Crippen LogP contribution is 2.26.